The summed E-state index contributed by atoms with van der Waals surface area (Å²) in [5, 5.41) is 5.61. The van der Waals surface area contributed by atoms with E-state index in [-0.39, 0.29) is 17.9 Å². The molecule has 1 atom stereocenters. The molecule has 2 N–H and O–H groups in total. The summed E-state index contributed by atoms with van der Waals surface area (Å²) >= 11 is 0. The van der Waals surface area contributed by atoms with Gasteiger partial charge in [0.1, 0.15) is 0 Å². The predicted molar refractivity (Wildman–Crippen MR) is 66.6 cm³/mol. The van der Waals surface area contributed by atoms with Gasteiger partial charge in [-0.2, -0.15) is 0 Å². The molecule has 2 amide bonds. The largest absolute Gasteiger partial charge is 0.358 e. The van der Waals surface area contributed by atoms with Crippen LogP contribution in [0.1, 0.15) is 32.6 Å². The van der Waals surface area contributed by atoms with Crippen LogP contribution >= 0.6 is 0 Å². The number of hydrogen-bond acceptors (Lipinski definition) is 3. The Labute approximate surface area is 103 Å². The minimum Gasteiger partial charge on any atom is -0.358 e. The molecule has 5 nitrogen and oxygen atoms in total. The molecule has 1 aliphatic rings. The first-order chi connectivity index (χ1) is 8.15. The molecule has 1 heterocycles. The number of piperidine rings is 1. The van der Waals surface area contributed by atoms with Crippen LogP contribution in [-0.4, -0.2) is 49.4 Å². The van der Waals surface area contributed by atoms with Gasteiger partial charge in [-0.15, -0.1) is 0 Å². The summed E-state index contributed by atoms with van der Waals surface area (Å²) < 4.78 is 0. The van der Waals surface area contributed by atoms with Crippen molar-refractivity contribution in [2.45, 2.75) is 38.6 Å². The summed E-state index contributed by atoms with van der Waals surface area (Å²) in [7, 11) is 1.61. The highest BCUT2D eigenvalue weighted by molar-refractivity contribution is 5.81. The van der Waals surface area contributed by atoms with Gasteiger partial charge in [-0.1, -0.05) is 0 Å². The minimum absolute atomic E-state index is 0.0459. The van der Waals surface area contributed by atoms with Crippen LogP contribution in [0.25, 0.3) is 0 Å². The number of likely N-dealkylation sites (N-methyl/N-ethyl adjacent to an activating group) is 1. The van der Waals surface area contributed by atoms with Crippen LogP contribution in [0, 0.1) is 0 Å². The Hall–Kier alpha value is -1.10. The van der Waals surface area contributed by atoms with E-state index in [1.807, 2.05) is 4.90 Å². The standard InChI is InChI=1S/C12H23N3O2/c1-10(12(17)13-2)14-7-6-11(16)15-8-4-3-5-9-15/h10,14H,3-9H2,1-2H3,(H,13,17). The lowest BCUT2D eigenvalue weighted by molar-refractivity contribution is -0.132. The number of nitrogens with zero attached hydrogens (tertiary/aromatic N) is 1. The van der Waals surface area contributed by atoms with E-state index in [0.717, 1.165) is 25.9 Å². The molecule has 1 saturated heterocycles. The molecule has 5 heteroatoms. The van der Waals surface area contributed by atoms with E-state index in [1.54, 1.807) is 14.0 Å². The Kier molecular flexibility index (Phi) is 5.97. The van der Waals surface area contributed by atoms with Gasteiger partial charge in [-0.25, -0.2) is 0 Å². The van der Waals surface area contributed by atoms with Crippen molar-refractivity contribution in [1.29, 1.82) is 0 Å². The third kappa shape index (κ3) is 4.73. The first kappa shape index (κ1) is 14.0. The lowest BCUT2D eigenvalue weighted by Gasteiger charge is -2.27. The highest BCUT2D eigenvalue weighted by atomic mass is 16.2. The van der Waals surface area contributed by atoms with Crippen molar-refractivity contribution in [2.24, 2.45) is 0 Å². The van der Waals surface area contributed by atoms with Gasteiger partial charge in [0.05, 0.1) is 6.04 Å². The normalized spacial score (nSPS) is 17.6. The van der Waals surface area contributed by atoms with Gasteiger partial charge in [0.25, 0.3) is 0 Å². The zero-order valence-corrected chi connectivity index (χ0v) is 10.8. The van der Waals surface area contributed by atoms with Gasteiger partial charge >= 0.3 is 0 Å². The lowest BCUT2D eigenvalue weighted by Crippen LogP contribution is -2.43. The van der Waals surface area contributed by atoms with E-state index in [0.29, 0.717) is 13.0 Å². The molecule has 0 aromatic carbocycles. The van der Waals surface area contributed by atoms with Crippen LogP contribution in [0.4, 0.5) is 0 Å². The maximum Gasteiger partial charge on any atom is 0.236 e. The maximum atomic E-state index is 11.8. The van der Waals surface area contributed by atoms with Gasteiger partial charge in [-0.3, -0.25) is 9.59 Å². The number of carbonyl (C=O) groups is 2. The molecule has 98 valence electrons. The molecule has 0 saturated carbocycles. The Morgan fingerprint density at radius 1 is 1.24 bits per heavy atom. The molecule has 1 fully saturated rings. The zero-order valence-electron chi connectivity index (χ0n) is 10.8. The second-order valence-corrected chi connectivity index (χ2v) is 4.48. The fourth-order valence-corrected chi connectivity index (χ4v) is 2.01. The smallest absolute Gasteiger partial charge is 0.236 e. The topological polar surface area (TPSA) is 61.4 Å². The molecule has 1 rings (SSSR count). The molecular weight excluding hydrogens is 218 g/mol. The zero-order chi connectivity index (χ0) is 12.7. The highest BCUT2D eigenvalue weighted by Crippen LogP contribution is 2.09. The Bertz CT molecular complexity index is 262. The molecule has 0 radical (unpaired) electrons. The molecule has 1 aliphatic heterocycles. The summed E-state index contributed by atoms with van der Waals surface area (Å²) in [6, 6.07) is -0.242. The second-order valence-electron chi connectivity index (χ2n) is 4.48. The van der Waals surface area contributed by atoms with Crippen molar-refractivity contribution in [3.05, 3.63) is 0 Å². The minimum atomic E-state index is -0.242. The SMILES string of the molecule is CNC(=O)C(C)NCCC(=O)N1CCCCC1. The average Bonchev–Trinajstić information content (AvgIpc) is 2.38. The molecule has 17 heavy (non-hydrogen) atoms. The Balaban J connectivity index is 2.17. The lowest BCUT2D eigenvalue weighted by atomic mass is 10.1. The molecule has 0 aliphatic carbocycles. The van der Waals surface area contributed by atoms with Gasteiger partial charge in [0, 0.05) is 33.1 Å². The van der Waals surface area contributed by atoms with Gasteiger partial charge in [0.2, 0.25) is 11.8 Å². The van der Waals surface area contributed by atoms with Crippen LogP contribution in [0.5, 0.6) is 0 Å². The monoisotopic (exact) mass is 241 g/mol. The van der Waals surface area contributed by atoms with E-state index in [2.05, 4.69) is 10.6 Å². The Morgan fingerprint density at radius 3 is 2.47 bits per heavy atom. The van der Waals surface area contributed by atoms with Crippen LogP contribution in [0.3, 0.4) is 0 Å². The third-order valence-electron chi connectivity index (χ3n) is 3.14. The van der Waals surface area contributed by atoms with E-state index in [9.17, 15) is 9.59 Å². The van der Waals surface area contributed by atoms with E-state index < -0.39 is 0 Å². The molecule has 0 aromatic heterocycles. The van der Waals surface area contributed by atoms with Gasteiger partial charge in [0.15, 0.2) is 0 Å². The number of rotatable bonds is 5. The van der Waals surface area contributed by atoms with Crippen LogP contribution in [0.15, 0.2) is 0 Å². The van der Waals surface area contributed by atoms with Crippen molar-refractivity contribution in [1.82, 2.24) is 15.5 Å². The maximum absolute atomic E-state index is 11.8. The summed E-state index contributed by atoms with van der Waals surface area (Å²) in [4.78, 5) is 25.0. The quantitative estimate of drug-likeness (QED) is 0.718. The van der Waals surface area contributed by atoms with Crippen molar-refractivity contribution in [2.75, 3.05) is 26.7 Å². The van der Waals surface area contributed by atoms with Crippen molar-refractivity contribution in [3.63, 3.8) is 0 Å². The number of likely N-dealkylation sites (tertiary alicyclic amines) is 1. The number of nitrogens with one attached hydrogen (secondary N) is 2. The van der Waals surface area contributed by atoms with Gasteiger partial charge in [-0.05, 0) is 26.2 Å². The van der Waals surface area contributed by atoms with Crippen LogP contribution in [0.2, 0.25) is 0 Å². The number of hydrogen-bond donors (Lipinski definition) is 2. The van der Waals surface area contributed by atoms with Crippen molar-refractivity contribution >= 4 is 11.8 Å². The average molecular weight is 241 g/mol. The predicted octanol–water partition coefficient (Wildman–Crippen LogP) is 0.113. The van der Waals surface area contributed by atoms with Crippen LogP contribution in [-0.2, 0) is 9.59 Å². The number of amides is 2. The fraction of sp³-hybridized carbons (Fsp3) is 0.833. The van der Waals surface area contributed by atoms with Crippen molar-refractivity contribution < 1.29 is 9.59 Å². The molecule has 1 unspecified atom stereocenters. The number of carbonyl (C=O) groups excluding carboxylic acids is 2. The fourth-order valence-electron chi connectivity index (χ4n) is 2.01. The van der Waals surface area contributed by atoms with E-state index in [4.69, 9.17) is 0 Å². The van der Waals surface area contributed by atoms with Crippen molar-refractivity contribution in [3.8, 4) is 0 Å². The molecule has 0 bridgehead atoms. The summed E-state index contributed by atoms with van der Waals surface area (Å²) in [5.41, 5.74) is 0. The first-order valence-corrected chi connectivity index (χ1v) is 6.38. The molecule has 0 spiro atoms. The second kappa shape index (κ2) is 7.27. The van der Waals surface area contributed by atoms with Crippen LogP contribution < -0.4 is 10.6 Å². The Morgan fingerprint density at radius 2 is 1.88 bits per heavy atom. The summed E-state index contributed by atoms with van der Waals surface area (Å²) in [6.07, 6.45) is 3.94. The molecular formula is C12H23N3O2. The van der Waals surface area contributed by atoms with E-state index >= 15 is 0 Å². The summed E-state index contributed by atoms with van der Waals surface area (Å²) in [6.45, 7) is 4.14. The third-order valence-corrected chi connectivity index (χ3v) is 3.14. The van der Waals surface area contributed by atoms with E-state index in [1.165, 1.54) is 6.42 Å². The molecule has 0 aromatic rings. The first-order valence-electron chi connectivity index (χ1n) is 6.38. The summed E-state index contributed by atoms with van der Waals surface area (Å²) in [5.74, 6) is 0.150. The highest BCUT2D eigenvalue weighted by Gasteiger charge is 2.16. The van der Waals surface area contributed by atoms with Gasteiger partial charge < -0.3 is 15.5 Å².